The minimum atomic E-state index is -0.209. The number of aromatic nitrogens is 2. The van der Waals surface area contributed by atoms with Gasteiger partial charge in [-0.15, -0.1) is 0 Å². The molecule has 4 aromatic rings. The molecule has 0 saturated heterocycles. The fraction of sp³-hybridized carbons (Fsp3) is 0. The SMILES string of the molecule is Bc1ccc2nc(-c3ccco3)cc(C(=O)Nc3cccnc3)c2c1. The van der Waals surface area contributed by atoms with Crippen LogP contribution in [-0.2, 0) is 0 Å². The quantitative estimate of drug-likeness (QED) is 0.587. The van der Waals surface area contributed by atoms with E-state index >= 15 is 0 Å². The van der Waals surface area contributed by atoms with Crippen molar-refractivity contribution in [3.05, 3.63) is 72.8 Å². The van der Waals surface area contributed by atoms with Gasteiger partial charge in [-0.2, -0.15) is 0 Å². The highest BCUT2D eigenvalue weighted by atomic mass is 16.3. The zero-order chi connectivity index (χ0) is 17.2. The number of pyridine rings is 2. The van der Waals surface area contributed by atoms with E-state index in [1.807, 2.05) is 32.1 Å². The first-order chi connectivity index (χ1) is 12.2. The molecule has 5 nitrogen and oxygen atoms in total. The second kappa shape index (κ2) is 6.24. The van der Waals surface area contributed by atoms with E-state index in [4.69, 9.17) is 4.42 Å². The van der Waals surface area contributed by atoms with Crippen LogP contribution in [0.2, 0.25) is 0 Å². The van der Waals surface area contributed by atoms with Gasteiger partial charge in [-0.05, 0) is 36.4 Å². The summed E-state index contributed by atoms with van der Waals surface area (Å²) in [7, 11) is 1.99. The molecule has 6 heteroatoms. The predicted octanol–water partition coefficient (Wildman–Crippen LogP) is 2.40. The average molecular weight is 327 g/mol. The molecular weight excluding hydrogens is 313 g/mol. The highest BCUT2D eigenvalue weighted by Gasteiger charge is 2.15. The smallest absolute Gasteiger partial charge is 0.256 e. The first-order valence-corrected chi connectivity index (χ1v) is 7.87. The maximum absolute atomic E-state index is 12.9. The highest BCUT2D eigenvalue weighted by Crippen LogP contribution is 2.25. The van der Waals surface area contributed by atoms with Crippen molar-refractivity contribution in [2.45, 2.75) is 0 Å². The number of benzene rings is 1. The molecule has 1 N–H and O–H groups in total. The molecule has 0 radical (unpaired) electrons. The van der Waals surface area contributed by atoms with Gasteiger partial charge in [0.25, 0.3) is 5.91 Å². The lowest BCUT2D eigenvalue weighted by atomic mass is 9.93. The molecule has 0 aliphatic rings. The Bertz CT molecular complexity index is 1050. The van der Waals surface area contributed by atoms with Crippen LogP contribution < -0.4 is 10.8 Å². The van der Waals surface area contributed by atoms with Crippen LogP contribution in [0.1, 0.15) is 10.4 Å². The summed E-state index contributed by atoms with van der Waals surface area (Å²) in [5.41, 5.74) is 3.62. The number of nitrogens with zero attached hydrogens (tertiary/aromatic N) is 2. The molecule has 0 bridgehead atoms. The summed E-state index contributed by atoms with van der Waals surface area (Å²) < 4.78 is 5.44. The van der Waals surface area contributed by atoms with E-state index in [9.17, 15) is 4.79 Å². The molecule has 4 rings (SSSR count). The van der Waals surface area contributed by atoms with Gasteiger partial charge < -0.3 is 9.73 Å². The largest absolute Gasteiger partial charge is 0.463 e. The Morgan fingerprint density at radius 2 is 2.04 bits per heavy atom. The maximum atomic E-state index is 12.9. The summed E-state index contributed by atoms with van der Waals surface area (Å²) in [5.74, 6) is 0.414. The second-order valence-electron chi connectivity index (χ2n) is 5.75. The number of carbonyl (C=O) groups is 1. The summed E-state index contributed by atoms with van der Waals surface area (Å²) in [6, 6.07) is 14.8. The van der Waals surface area contributed by atoms with E-state index in [2.05, 4.69) is 15.3 Å². The lowest BCUT2D eigenvalue weighted by Gasteiger charge is -2.10. The van der Waals surface area contributed by atoms with Crippen LogP contribution in [0.3, 0.4) is 0 Å². The van der Waals surface area contributed by atoms with Crippen molar-refractivity contribution >= 4 is 35.8 Å². The summed E-state index contributed by atoms with van der Waals surface area (Å²) in [6.45, 7) is 0. The van der Waals surface area contributed by atoms with Gasteiger partial charge in [-0.25, -0.2) is 4.98 Å². The van der Waals surface area contributed by atoms with Gasteiger partial charge in [0.15, 0.2) is 5.76 Å². The average Bonchev–Trinajstić information content (AvgIpc) is 3.16. The third kappa shape index (κ3) is 3.02. The lowest BCUT2D eigenvalue weighted by molar-refractivity contribution is 0.102. The van der Waals surface area contributed by atoms with Crippen LogP contribution in [0, 0.1) is 0 Å². The van der Waals surface area contributed by atoms with Crippen molar-refractivity contribution in [3.63, 3.8) is 0 Å². The number of hydrogen-bond donors (Lipinski definition) is 1. The molecule has 1 amide bonds. The zero-order valence-electron chi connectivity index (χ0n) is 13.6. The van der Waals surface area contributed by atoms with Gasteiger partial charge in [-0.1, -0.05) is 17.6 Å². The maximum Gasteiger partial charge on any atom is 0.256 e. The molecule has 3 heterocycles. The van der Waals surface area contributed by atoms with E-state index in [1.165, 1.54) is 0 Å². The topological polar surface area (TPSA) is 68.0 Å². The fourth-order valence-corrected chi connectivity index (χ4v) is 2.71. The number of amides is 1. The monoisotopic (exact) mass is 327 g/mol. The Morgan fingerprint density at radius 3 is 2.80 bits per heavy atom. The molecule has 1 aromatic carbocycles. The molecule has 120 valence electrons. The Balaban J connectivity index is 1.85. The Morgan fingerprint density at radius 1 is 1.12 bits per heavy atom. The Kier molecular flexibility index (Phi) is 3.78. The van der Waals surface area contributed by atoms with E-state index in [-0.39, 0.29) is 5.91 Å². The number of furan rings is 1. The first-order valence-electron chi connectivity index (χ1n) is 7.87. The lowest BCUT2D eigenvalue weighted by Crippen LogP contribution is -2.14. The summed E-state index contributed by atoms with van der Waals surface area (Å²) in [5, 5.41) is 3.68. The fourth-order valence-electron chi connectivity index (χ4n) is 2.71. The van der Waals surface area contributed by atoms with E-state index in [0.29, 0.717) is 22.7 Å². The Hall–Kier alpha value is -3.41. The molecule has 0 saturated carbocycles. The van der Waals surface area contributed by atoms with Gasteiger partial charge in [0.1, 0.15) is 13.5 Å². The van der Waals surface area contributed by atoms with Crippen LogP contribution in [0.5, 0.6) is 0 Å². The van der Waals surface area contributed by atoms with Gasteiger partial charge in [0, 0.05) is 11.6 Å². The summed E-state index contributed by atoms with van der Waals surface area (Å²) in [4.78, 5) is 21.5. The van der Waals surface area contributed by atoms with Crippen LogP contribution in [0.15, 0.2) is 71.6 Å². The van der Waals surface area contributed by atoms with Crippen molar-refractivity contribution < 1.29 is 9.21 Å². The molecule has 0 aliphatic heterocycles. The number of rotatable bonds is 3. The second-order valence-corrected chi connectivity index (χ2v) is 5.75. The van der Waals surface area contributed by atoms with Crippen LogP contribution >= 0.6 is 0 Å². The number of fused-ring (bicyclic) bond motifs is 1. The number of anilines is 1. The molecule has 0 aliphatic carbocycles. The minimum absolute atomic E-state index is 0.209. The number of hydrogen-bond acceptors (Lipinski definition) is 4. The van der Waals surface area contributed by atoms with Gasteiger partial charge in [0.05, 0.1) is 29.2 Å². The van der Waals surface area contributed by atoms with Crippen molar-refractivity contribution in [2.24, 2.45) is 0 Å². The van der Waals surface area contributed by atoms with Crippen molar-refractivity contribution in [2.75, 3.05) is 5.32 Å². The van der Waals surface area contributed by atoms with Gasteiger partial charge in [-0.3, -0.25) is 9.78 Å². The van der Waals surface area contributed by atoms with E-state index in [0.717, 1.165) is 16.4 Å². The molecule has 0 spiro atoms. The number of carbonyl (C=O) groups excluding carboxylic acids is 1. The predicted molar refractivity (Wildman–Crippen MR) is 99.8 cm³/mol. The summed E-state index contributed by atoms with van der Waals surface area (Å²) in [6.07, 6.45) is 4.86. The third-order valence-electron chi connectivity index (χ3n) is 3.90. The Labute approximate surface area is 145 Å². The molecule has 0 atom stereocenters. The number of nitrogens with one attached hydrogen (secondary N) is 1. The molecular formula is C19H14BN3O2. The van der Waals surface area contributed by atoms with Crippen molar-refractivity contribution in [1.29, 1.82) is 0 Å². The minimum Gasteiger partial charge on any atom is -0.463 e. The van der Waals surface area contributed by atoms with E-state index in [1.54, 1.807) is 42.9 Å². The van der Waals surface area contributed by atoms with Crippen LogP contribution in [0.4, 0.5) is 5.69 Å². The molecule has 0 fully saturated rings. The van der Waals surface area contributed by atoms with Gasteiger partial charge >= 0.3 is 0 Å². The van der Waals surface area contributed by atoms with Crippen LogP contribution in [0.25, 0.3) is 22.4 Å². The highest BCUT2D eigenvalue weighted by molar-refractivity contribution is 6.33. The van der Waals surface area contributed by atoms with Crippen LogP contribution in [-0.4, -0.2) is 23.7 Å². The van der Waals surface area contributed by atoms with Gasteiger partial charge in [0.2, 0.25) is 0 Å². The molecule has 0 unspecified atom stereocenters. The molecule has 25 heavy (non-hydrogen) atoms. The van der Waals surface area contributed by atoms with Crippen molar-refractivity contribution in [1.82, 2.24) is 9.97 Å². The first kappa shape index (κ1) is 15.1. The normalized spacial score (nSPS) is 10.7. The molecule has 3 aromatic heterocycles. The third-order valence-corrected chi connectivity index (χ3v) is 3.90. The summed E-state index contributed by atoms with van der Waals surface area (Å²) >= 11 is 0. The zero-order valence-corrected chi connectivity index (χ0v) is 13.6. The van der Waals surface area contributed by atoms with Crippen molar-refractivity contribution in [3.8, 4) is 11.5 Å². The van der Waals surface area contributed by atoms with E-state index < -0.39 is 0 Å². The standard InChI is InChI=1S/C19H14BN3O2/c20-12-5-6-16-14(9-12)15(10-17(23-16)18-4-2-8-25-18)19(24)22-13-3-1-7-21-11-13/h1-11H,20H2,(H,22,24).